The molecule has 74 valence electrons. The maximum absolute atomic E-state index is 11.1. The molecule has 3 heteroatoms. The van der Waals surface area contributed by atoms with Crippen LogP contribution in [0.3, 0.4) is 0 Å². The van der Waals surface area contributed by atoms with E-state index in [0.717, 1.165) is 6.42 Å². The maximum Gasteiger partial charge on any atom is 0.184 e. The second-order valence-corrected chi connectivity index (χ2v) is 4.07. The molecule has 3 atom stereocenters. The van der Waals surface area contributed by atoms with Gasteiger partial charge in [0, 0.05) is 0 Å². The predicted molar refractivity (Wildman–Crippen MR) is 47.5 cm³/mol. The molecule has 0 unspecified atom stereocenters. The fourth-order valence-electron chi connectivity index (χ4n) is 2.22. The van der Waals surface area contributed by atoms with Crippen molar-refractivity contribution < 1.29 is 14.3 Å². The molecule has 13 heavy (non-hydrogen) atoms. The summed E-state index contributed by atoms with van der Waals surface area (Å²) in [6.45, 7) is 2.66. The molecule has 2 rings (SSSR count). The second-order valence-electron chi connectivity index (χ2n) is 4.07. The van der Waals surface area contributed by atoms with Crippen LogP contribution in [0.1, 0.15) is 26.2 Å². The van der Waals surface area contributed by atoms with Gasteiger partial charge in [0.1, 0.15) is 13.2 Å². The molecule has 1 saturated carbocycles. The zero-order chi connectivity index (χ0) is 9.26. The van der Waals surface area contributed by atoms with Crippen molar-refractivity contribution in [2.75, 3.05) is 13.2 Å². The van der Waals surface area contributed by atoms with E-state index >= 15 is 0 Å². The van der Waals surface area contributed by atoms with Crippen LogP contribution in [-0.2, 0) is 14.3 Å². The summed E-state index contributed by atoms with van der Waals surface area (Å²) in [6, 6.07) is 0. The number of hydrogen-bond acceptors (Lipinski definition) is 3. The lowest BCUT2D eigenvalue weighted by Gasteiger charge is -2.33. The molecule has 0 amide bonds. The Hall–Kier alpha value is -0.410. The molecule has 0 spiro atoms. The minimum atomic E-state index is 0.0709. The van der Waals surface area contributed by atoms with Crippen molar-refractivity contribution in [1.29, 1.82) is 0 Å². The highest BCUT2D eigenvalue weighted by Crippen LogP contribution is 2.29. The summed E-state index contributed by atoms with van der Waals surface area (Å²) >= 11 is 0. The molecule has 0 N–H and O–H groups in total. The Morgan fingerprint density at radius 2 is 2.00 bits per heavy atom. The van der Waals surface area contributed by atoms with Crippen molar-refractivity contribution in [2.45, 2.75) is 38.4 Å². The van der Waals surface area contributed by atoms with E-state index in [1.54, 1.807) is 0 Å². The minimum absolute atomic E-state index is 0.0709. The van der Waals surface area contributed by atoms with Gasteiger partial charge in [0.25, 0.3) is 0 Å². The smallest absolute Gasteiger partial charge is 0.184 e. The Morgan fingerprint density at radius 3 is 2.85 bits per heavy atom. The van der Waals surface area contributed by atoms with Crippen LogP contribution in [0.2, 0.25) is 0 Å². The van der Waals surface area contributed by atoms with Gasteiger partial charge in [-0.3, -0.25) is 4.79 Å². The van der Waals surface area contributed by atoms with Gasteiger partial charge < -0.3 is 9.47 Å². The van der Waals surface area contributed by atoms with Gasteiger partial charge in [-0.15, -0.1) is 0 Å². The lowest BCUT2D eigenvalue weighted by molar-refractivity contribution is -0.125. The fourth-order valence-corrected chi connectivity index (χ4v) is 2.22. The van der Waals surface area contributed by atoms with Crippen LogP contribution in [0.25, 0.3) is 0 Å². The number of carbonyl (C=O) groups is 1. The third-order valence-corrected chi connectivity index (χ3v) is 2.97. The molecule has 0 aromatic heterocycles. The van der Waals surface area contributed by atoms with E-state index in [-0.39, 0.29) is 31.2 Å². The zero-order valence-corrected chi connectivity index (χ0v) is 7.99. The third kappa shape index (κ3) is 1.92. The Balaban J connectivity index is 2.04. The Kier molecular flexibility index (Phi) is 2.65. The molecule has 3 nitrogen and oxygen atoms in total. The quantitative estimate of drug-likeness (QED) is 0.566. The molecule has 2 aliphatic rings. The van der Waals surface area contributed by atoms with Crippen molar-refractivity contribution in [3.05, 3.63) is 0 Å². The summed E-state index contributed by atoms with van der Waals surface area (Å²) in [5.41, 5.74) is 0. The Labute approximate surface area is 78.4 Å². The molecule has 0 aromatic rings. The molecule has 0 radical (unpaired) electrons. The first-order valence-electron chi connectivity index (χ1n) is 5.02. The average Bonchev–Trinajstić information content (AvgIpc) is 2.30. The van der Waals surface area contributed by atoms with Gasteiger partial charge in [0.15, 0.2) is 5.78 Å². The number of fused-ring (bicyclic) bond motifs is 1. The summed E-state index contributed by atoms with van der Waals surface area (Å²) in [7, 11) is 0. The van der Waals surface area contributed by atoms with Gasteiger partial charge in [0.05, 0.1) is 12.2 Å². The Bertz CT molecular complexity index is 202. The molecular weight excluding hydrogens is 168 g/mol. The molecule has 1 aliphatic heterocycles. The summed E-state index contributed by atoms with van der Waals surface area (Å²) in [4.78, 5) is 11.1. The van der Waals surface area contributed by atoms with Crippen LogP contribution in [0.4, 0.5) is 0 Å². The molecule has 1 aliphatic carbocycles. The highest BCUT2D eigenvalue weighted by atomic mass is 16.6. The van der Waals surface area contributed by atoms with Crippen molar-refractivity contribution >= 4 is 5.78 Å². The second kappa shape index (κ2) is 3.76. The van der Waals surface area contributed by atoms with Crippen LogP contribution >= 0.6 is 0 Å². The van der Waals surface area contributed by atoms with Crippen LogP contribution in [0.5, 0.6) is 0 Å². The van der Waals surface area contributed by atoms with E-state index in [1.165, 1.54) is 12.8 Å². The standard InChI is InChI=1S/C10H16O3/c1-7-3-2-4-9-10(7)13-6-8(11)5-12-9/h7,9-10H,2-6H2,1H3/t7-,9+,10-/m1/s1. The number of ether oxygens (including phenoxy) is 2. The Morgan fingerprint density at radius 1 is 1.23 bits per heavy atom. The van der Waals surface area contributed by atoms with Gasteiger partial charge in [-0.1, -0.05) is 13.3 Å². The first-order chi connectivity index (χ1) is 6.27. The average molecular weight is 184 g/mol. The highest BCUT2D eigenvalue weighted by Gasteiger charge is 2.34. The van der Waals surface area contributed by atoms with E-state index in [1.807, 2.05) is 0 Å². The molecule has 1 heterocycles. The highest BCUT2D eigenvalue weighted by molar-refractivity contribution is 5.81. The maximum atomic E-state index is 11.1. The van der Waals surface area contributed by atoms with E-state index in [2.05, 4.69) is 6.92 Å². The molecular formula is C10H16O3. The third-order valence-electron chi connectivity index (χ3n) is 2.97. The van der Waals surface area contributed by atoms with Crippen molar-refractivity contribution in [3.8, 4) is 0 Å². The number of carbonyl (C=O) groups excluding carboxylic acids is 1. The van der Waals surface area contributed by atoms with Gasteiger partial charge in [0.2, 0.25) is 0 Å². The largest absolute Gasteiger partial charge is 0.368 e. The van der Waals surface area contributed by atoms with E-state index in [9.17, 15) is 4.79 Å². The molecule has 2 fully saturated rings. The van der Waals surface area contributed by atoms with E-state index < -0.39 is 0 Å². The van der Waals surface area contributed by atoms with E-state index in [4.69, 9.17) is 9.47 Å². The van der Waals surface area contributed by atoms with Gasteiger partial charge in [-0.25, -0.2) is 0 Å². The van der Waals surface area contributed by atoms with Crippen molar-refractivity contribution in [1.82, 2.24) is 0 Å². The first-order valence-corrected chi connectivity index (χ1v) is 5.02. The summed E-state index contributed by atoms with van der Waals surface area (Å²) < 4.78 is 11.1. The van der Waals surface area contributed by atoms with Gasteiger partial charge in [-0.2, -0.15) is 0 Å². The van der Waals surface area contributed by atoms with Crippen LogP contribution in [0.15, 0.2) is 0 Å². The fraction of sp³-hybridized carbons (Fsp3) is 0.900. The molecule has 0 aromatic carbocycles. The molecule has 1 saturated heterocycles. The monoisotopic (exact) mass is 184 g/mol. The molecule has 0 bridgehead atoms. The number of hydrogen-bond donors (Lipinski definition) is 0. The summed E-state index contributed by atoms with van der Waals surface area (Å²) in [6.07, 6.45) is 3.75. The van der Waals surface area contributed by atoms with Crippen LogP contribution < -0.4 is 0 Å². The first kappa shape index (κ1) is 9.16. The van der Waals surface area contributed by atoms with Gasteiger partial charge in [-0.05, 0) is 18.8 Å². The number of Topliss-reactive ketones (excluding diaryl/α,β-unsaturated/α-hetero) is 1. The number of rotatable bonds is 0. The van der Waals surface area contributed by atoms with Crippen molar-refractivity contribution in [2.24, 2.45) is 5.92 Å². The SMILES string of the molecule is C[C@@H]1CCC[C@@H]2OCC(=O)CO[C@H]12. The van der Waals surface area contributed by atoms with Crippen LogP contribution in [-0.4, -0.2) is 31.2 Å². The van der Waals surface area contributed by atoms with Crippen LogP contribution in [0, 0.1) is 5.92 Å². The predicted octanol–water partition coefficient (Wildman–Crippen LogP) is 1.16. The van der Waals surface area contributed by atoms with Crippen molar-refractivity contribution in [3.63, 3.8) is 0 Å². The number of ketones is 1. The lowest BCUT2D eigenvalue weighted by atomic mass is 9.85. The minimum Gasteiger partial charge on any atom is -0.368 e. The lowest BCUT2D eigenvalue weighted by Crippen LogP contribution is -2.38. The summed E-state index contributed by atoms with van der Waals surface area (Å²) in [5, 5.41) is 0. The topological polar surface area (TPSA) is 35.5 Å². The normalized spacial score (nSPS) is 41.0. The van der Waals surface area contributed by atoms with Gasteiger partial charge >= 0.3 is 0 Å². The zero-order valence-electron chi connectivity index (χ0n) is 7.99. The summed E-state index contributed by atoms with van der Waals surface area (Å²) in [5.74, 6) is 0.603. The van der Waals surface area contributed by atoms with E-state index in [0.29, 0.717) is 5.92 Å².